The summed E-state index contributed by atoms with van der Waals surface area (Å²) in [6.07, 6.45) is 5.91. The number of imidazole rings is 1. The number of ether oxygens (including phenoxy) is 1. The van der Waals surface area contributed by atoms with Crippen molar-refractivity contribution in [2.75, 3.05) is 34.4 Å². The van der Waals surface area contributed by atoms with Crippen molar-refractivity contribution < 1.29 is 22.7 Å². The summed E-state index contributed by atoms with van der Waals surface area (Å²) in [5.41, 5.74) is 5.71. The van der Waals surface area contributed by atoms with Gasteiger partial charge in [0.2, 0.25) is 0 Å². The first-order chi connectivity index (χ1) is 19.1. The van der Waals surface area contributed by atoms with Crippen molar-refractivity contribution in [3.05, 3.63) is 40.1 Å². The lowest BCUT2D eigenvalue weighted by Gasteiger charge is -2.46. The fourth-order valence-electron chi connectivity index (χ4n) is 7.01. The lowest BCUT2D eigenvalue weighted by molar-refractivity contribution is -0.141. The van der Waals surface area contributed by atoms with Crippen molar-refractivity contribution in [2.24, 2.45) is 17.8 Å². The maximum Gasteiger partial charge on any atom is 0.418 e. The second kappa shape index (κ2) is 11.8. The summed E-state index contributed by atoms with van der Waals surface area (Å²) in [6.45, 7) is 1.26. The van der Waals surface area contributed by atoms with E-state index < -0.39 is 17.4 Å². The van der Waals surface area contributed by atoms with Crippen LogP contribution in [0.3, 0.4) is 0 Å². The molecule has 9 nitrogen and oxygen atoms in total. The summed E-state index contributed by atoms with van der Waals surface area (Å²) >= 11 is 0. The van der Waals surface area contributed by atoms with Crippen LogP contribution in [0.2, 0.25) is 0 Å². The van der Waals surface area contributed by atoms with E-state index in [1.807, 2.05) is 0 Å². The van der Waals surface area contributed by atoms with Gasteiger partial charge in [-0.2, -0.15) is 13.2 Å². The Morgan fingerprint density at radius 3 is 2.52 bits per heavy atom. The van der Waals surface area contributed by atoms with Crippen LogP contribution in [0.5, 0.6) is 0 Å². The van der Waals surface area contributed by atoms with Gasteiger partial charge in [0.15, 0.2) is 0 Å². The number of hydrogen-bond acceptors (Lipinski definition) is 7. The Morgan fingerprint density at radius 2 is 1.90 bits per heavy atom. The van der Waals surface area contributed by atoms with Gasteiger partial charge in [0.25, 0.3) is 0 Å². The third-order valence-electron chi connectivity index (χ3n) is 9.27. The summed E-state index contributed by atoms with van der Waals surface area (Å²) in [7, 11) is 5.13. The molecular formula is C28H41F3N6O3. The van der Waals surface area contributed by atoms with E-state index in [0.29, 0.717) is 29.9 Å². The molecule has 3 unspecified atom stereocenters. The van der Waals surface area contributed by atoms with E-state index in [4.69, 9.17) is 0 Å². The molecule has 1 aliphatic heterocycles. The number of halogens is 3. The molecule has 2 N–H and O–H groups in total. The molecule has 40 heavy (non-hydrogen) atoms. The molecule has 0 bridgehead atoms. The van der Waals surface area contributed by atoms with Crippen LogP contribution in [0, 0.1) is 17.8 Å². The van der Waals surface area contributed by atoms with Crippen LogP contribution < -0.4 is 16.5 Å². The Hall–Kier alpha value is -2.41. The SMILES string of the molecule is COC(=O)CCN(C)Cc1cc(C(F)(F)F)c2cn(C3CCCC([C@@H](C4CCC4)C4NNCN4C)C3)c(=O)n2c1. The number of pyridine rings is 1. The van der Waals surface area contributed by atoms with Crippen molar-refractivity contribution >= 4 is 11.5 Å². The van der Waals surface area contributed by atoms with E-state index >= 15 is 0 Å². The number of alkyl halides is 3. The molecule has 1 saturated heterocycles. The molecule has 0 aromatic carbocycles. The quantitative estimate of drug-likeness (QED) is 0.449. The molecule has 2 aromatic rings. The van der Waals surface area contributed by atoms with Gasteiger partial charge in [0, 0.05) is 31.5 Å². The van der Waals surface area contributed by atoms with E-state index in [9.17, 15) is 22.8 Å². The van der Waals surface area contributed by atoms with Gasteiger partial charge in [-0.05, 0) is 62.7 Å². The molecule has 3 aliphatic rings. The first kappa shape index (κ1) is 29.1. The summed E-state index contributed by atoms with van der Waals surface area (Å²) in [5, 5.41) is 0. The largest absolute Gasteiger partial charge is 0.469 e. The van der Waals surface area contributed by atoms with Crippen molar-refractivity contribution in [1.29, 1.82) is 0 Å². The average molecular weight is 567 g/mol. The number of nitrogens with zero attached hydrogens (tertiary/aromatic N) is 4. The molecule has 12 heteroatoms. The maximum absolute atomic E-state index is 14.2. The van der Waals surface area contributed by atoms with Gasteiger partial charge >= 0.3 is 17.8 Å². The van der Waals surface area contributed by atoms with E-state index in [2.05, 4.69) is 27.5 Å². The average Bonchev–Trinajstić information content (AvgIpc) is 3.46. The summed E-state index contributed by atoms with van der Waals surface area (Å²) in [5.74, 6) is 1.06. The Balaban J connectivity index is 1.43. The van der Waals surface area contributed by atoms with Crippen LogP contribution in [-0.2, 0) is 22.3 Å². The minimum Gasteiger partial charge on any atom is -0.469 e. The van der Waals surface area contributed by atoms with Crippen molar-refractivity contribution in [3.8, 4) is 0 Å². The third kappa shape index (κ3) is 5.95. The number of esters is 1. The highest BCUT2D eigenvalue weighted by Gasteiger charge is 2.43. The molecule has 0 radical (unpaired) electrons. The van der Waals surface area contributed by atoms with Crippen molar-refractivity contribution in [2.45, 2.75) is 76.3 Å². The topological polar surface area (TPSA) is 83.2 Å². The molecular weight excluding hydrogens is 525 g/mol. The van der Waals surface area contributed by atoms with E-state index in [1.165, 1.54) is 38.8 Å². The van der Waals surface area contributed by atoms with Gasteiger partial charge in [-0.3, -0.25) is 18.7 Å². The smallest absolute Gasteiger partial charge is 0.418 e. The monoisotopic (exact) mass is 566 g/mol. The van der Waals surface area contributed by atoms with Gasteiger partial charge in [-0.1, -0.05) is 25.7 Å². The highest BCUT2D eigenvalue weighted by atomic mass is 19.4. The number of methoxy groups -OCH3 is 1. The molecule has 0 spiro atoms. The van der Waals surface area contributed by atoms with Crippen molar-refractivity contribution in [1.82, 2.24) is 29.6 Å². The Bertz CT molecular complexity index is 1260. The molecule has 2 saturated carbocycles. The zero-order chi connectivity index (χ0) is 28.6. The fourth-order valence-corrected chi connectivity index (χ4v) is 7.01. The standard InChI is InChI=1S/C28H41F3N6O3/c1-34(11-10-24(38)40-3)14-18-12-22(28(29,30)31)23-16-36(27(39)37(23)15-18)21-9-5-8-20(13-21)25(19-6-4-7-19)26-33-32-17-35(26)2/h12,15-16,19-21,25-26,32-33H,4-11,13-14,17H2,1-3H3/t20?,21?,25-,26?/m1/s1. The number of nitrogens with one attached hydrogen (secondary N) is 2. The molecule has 3 fully saturated rings. The fraction of sp³-hybridized carbons (Fsp3) is 0.714. The minimum absolute atomic E-state index is 0.113. The van der Waals surface area contributed by atoms with Crippen LogP contribution in [0.4, 0.5) is 13.2 Å². The lowest BCUT2D eigenvalue weighted by Crippen LogP contribution is -2.50. The van der Waals surface area contributed by atoms with Crippen LogP contribution in [0.1, 0.15) is 68.5 Å². The molecule has 0 amide bonds. The summed E-state index contributed by atoms with van der Waals surface area (Å²) in [6, 6.07) is 0.985. The zero-order valence-electron chi connectivity index (χ0n) is 23.5. The summed E-state index contributed by atoms with van der Waals surface area (Å²) in [4.78, 5) is 29.2. The van der Waals surface area contributed by atoms with E-state index in [-0.39, 0.29) is 36.7 Å². The van der Waals surface area contributed by atoms with E-state index in [0.717, 1.165) is 42.8 Å². The van der Waals surface area contributed by atoms with Crippen LogP contribution in [-0.4, -0.2) is 65.3 Å². The molecule has 222 valence electrons. The maximum atomic E-state index is 14.2. The second-order valence-corrected chi connectivity index (χ2v) is 11.9. The first-order valence-corrected chi connectivity index (χ1v) is 14.3. The van der Waals surface area contributed by atoms with Gasteiger partial charge in [-0.25, -0.2) is 15.6 Å². The van der Waals surface area contributed by atoms with Crippen LogP contribution in [0.15, 0.2) is 23.3 Å². The minimum atomic E-state index is -4.61. The zero-order valence-corrected chi connectivity index (χ0v) is 23.5. The molecule has 2 aromatic heterocycles. The predicted molar refractivity (Wildman–Crippen MR) is 144 cm³/mol. The first-order valence-electron chi connectivity index (χ1n) is 14.3. The number of fused-ring (bicyclic) bond motifs is 1. The number of rotatable bonds is 9. The van der Waals surface area contributed by atoms with Crippen LogP contribution >= 0.6 is 0 Å². The van der Waals surface area contributed by atoms with Crippen LogP contribution in [0.25, 0.3) is 5.52 Å². The highest BCUT2D eigenvalue weighted by Crippen LogP contribution is 2.46. The number of hydrogen-bond donors (Lipinski definition) is 2. The van der Waals surface area contributed by atoms with Gasteiger partial charge in [0.05, 0.1) is 37.4 Å². The Morgan fingerprint density at radius 1 is 1.18 bits per heavy atom. The number of hydrazine groups is 1. The van der Waals surface area contributed by atoms with E-state index in [1.54, 1.807) is 16.5 Å². The van der Waals surface area contributed by atoms with Gasteiger partial charge in [0.1, 0.15) is 0 Å². The summed E-state index contributed by atoms with van der Waals surface area (Å²) < 4.78 is 50.0. The Labute approximate surface area is 232 Å². The van der Waals surface area contributed by atoms with Gasteiger partial charge < -0.3 is 9.64 Å². The predicted octanol–water partition coefficient (Wildman–Crippen LogP) is 3.59. The number of carbonyl (C=O) groups is 1. The molecule has 3 heterocycles. The number of carbonyl (C=O) groups excluding carboxylic acids is 1. The lowest BCUT2D eigenvalue weighted by atomic mass is 9.65. The van der Waals surface area contributed by atoms with Gasteiger partial charge in [-0.15, -0.1) is 0 Å². The number of aromatic nitrogens is 2. The van der Waals surface area contributed by atoms with Crippen molar-refractivity contribution in [3.63, 3.8) is 0 Å². The highest BCUT2D eigenvalue weighted by molar-refractivity contribution is 5.69. The molecule has 2 aliphatic carbocycles. The third-order valence-corrected chi connectivity index (χ3v) is 9.27. The Kier molecular flexibility index (Phi) is 8.61. The molecule has 5 rings (SSSR count). The second-order valence-electron chi connectivity index (χ2n) is 11.9. The normalized spacial score (nSPS) is 25.4. The molecule has 4 atom stereocenters.